The van der Waals surface area contributed by atoms with Crippen molar-refractivity contribution in [1.29, 1.82) is 0 Å². The molecule has 26 heavy (non-hydrogen) atoms. The number of halogens is 1. The Balaban J connectivity index is 1.43. The molecule has 0 aliphatic carbocycles. The van der Waals surface area contributed by atoms with Crippen molar-refractivity contribution in [1.82, 2.24) is 20.0 Å². The highest BCUT2D eigenvalue weighted by atomic mass is 19.1. The summed E-state index contributed by atoms with van der Waals surface area (Å²) < 4.78 is 20.1. The number of carbonyl (C=O) groups is 1. The van der Waals surface area contributed by atoms with Crippen LogP contribution < -0.4 is 5.32 Å². The molecule has 3 aromatic heterocycles. The highest BCUT2D eigenvalue weighted by Gasteiger charge is 2.13. The zero-order chi connectivity index (χ0) is 17.9. The van der Waals surface area contributed by atoms with Crippen LogP contribution in [0, 0.1) is 5.82 Å². The Morgan fingerprint density at radius 2 is 2.19 bits per heavy atom. The third kappa shape index (κ3) is 3.39. The molecule has 130 valence electrons. The molecule has 1 aromatic carbocycles. The van der Waals surface area contributed by atoms with Gasteiger partial charge in [-0.15, -0.1) is 0 Å². The quantitative estimate of drug-likeness (QED) is 0.577. The van der Waals surface area contributed by atoms with Gasteiger partial charge < -0.3 is 9.73 Å². The molecule has 0 atom stereocenters. The van der Waals surface area contributed by atoms with Crippen molar-refractivity contribution in [3.05, 3.63) is 78.2 Å². The first-order chi connectivity index (χ1) is 12.7. The summed E-state index contributed by atoms with van der Waals surface area (Å²) in [6.07, 6.45) is 4.74. The Bertz CT molecular complexity index is 1040. The van der Waals surface area contributed by atoms with Crippen LogP contribution in [0.2, 0.25) is 0 Å². The summed E-state index contributed by atoms with van der Waals surface area (Å²) in [5.41, 5.74) is 2.14. The number of hydrogen-bond donors (Lipinski definition) is 2. The molecule has 0 saturated carbocycles. The first-order valence-electron chi connectivity index (χ1n) is 7.85. The molecule has 0 bridgehead atoms. The number of nitrogens with one attached hydrogen (secondary N) is 2. The van der Waals surface area contributed by atoms with Crippen LogP contribution in [0.1, 0.15) is 16.1 Å². The SMILES string of the molecule is O=C(Nc1cnn(Cc2cccc(F)c2)c1)c1cc(-c2ccco2)[nH]n1. The highest BCUT2D eigenvalue weighted by molar-refractivity contribution is 6.03. The second-order valence-corrected chi connectivity index (χ2v) is 5.65. The summed E-state index contributed by atoms with van der Waals surface area (Å²) in [7, 11) is 0. The Hall–Kier alpha value is -3.68. The van der Waals surface area contributed by atoms with E-state index in [-0.39, 0.29) is 17.4 Å². The summed E-state index contributed by atoms with van der Waals surface area (Å²) in [4.78, 5) is 12.3. The van der Waals surface area contributed by atoms with Gasteiger partial charge in [-0.3, -0.25) is 14.6 Å². The molecule has 0 radical (unpaired) electrons. The summed E-state index contributed by atoms with van der Waals surface area (Å²) >= 11 is 0. The van der Waals surface area contributed by atoms with E-state index in [9.17, 15) is 9.18 Å². The first-order valence-corrected chi connectivity index (χ1v) is 7.85. The van der Waals surface area contributed by atoms with E-state index in [1.54, 1.807) is 41.4 Å². The predicted molar refractivity (Wildman–Crippen MR) is 92.0 cm³/mol. The van der Waals surface area contributed by atoms with E-state index in [0.717, 1.165) is 5.56 Å². The molecule has 0 aliphatic heterocycles. The van der Waals surface area contributed by atoms with E-state index in [2.05, 4.69) is 20.6 Å². The van der Waals surface area contributed by atoms with Crippen LogP contribution in [-0.4, -0.2) is 25.9 Å². The van der Waals surface area contributed by atoms with Gasteiger partial charge in [0, 0.05) is 12.3 Å². The van der Waals surface area contributed by atoms with E-state index in [0.29, 0.717) is 23.7 Å². The highest BCUT2D eigenvalue weighted by Crippen LogP contribution is 2.18. The van der Waals surface area contributed by atoms with Gasteiger partial charge in [0.05, 0.1) is 24.7 Å². The van der Waals surface area contributed by atoms with E-state index < -0.39 is 0 Å². The van der Waals surface area contributed by atoms with E-state index in [4.69, 9.17) is 4.42 Å². The Morgan fingerprint density at radius 1 is 1.27 bits per heavy atom. The second kappa shape index (κ2) is 6.67. The summed E-state index contributed by atoms with van der Waals surface area (Å²) in [6.45, 7) is 0.401. The van der Waals surface area contributed by atoms with Crippen LogP contribution in [-0.2, 0) is 6.54 Å². The molecule has 0 aliphatic rings. The lowest BCUT2D eigenvalue weighted by atomic mass is 10.2. The average Bonchev–Trinajstić information content (AvgIpc) is 3.36. The largest absolute Gasteiger partial charge is 0.463 e. The number of nitrogens with zero attached hydrogens (tertiary/aromatic N) is 3. The average molecular weight is 351 g/mol. The molecular weight excluding hydrogens is 337 g/mol. The standard InChI is InChI=1S/C18H14FN5O2/c19-13-4-1-3-12(7-13)10-24-11-14(9-20-24)21-18(25)16-8-15(22-23-16)17-5-2-6-26-17/h1-9,11H,10H2,(H,21,25)(H,22,23). The second-order valence-electron chi connectivity index (χ2n) is 5.65. The third-order valence-corrected chi connectivity index (χ3v) is 3.72. The molecule has 0 saturated heterocycles. The Kier molecular flexibility index (Phi) is 4.06. The van der Waals surface area contributed by atoms with E-state index >= 15 is 0 Å². The molecule has 0 fully saturated rings. The number of benzene rings is 1. The fourth-order valence-corrected chi connectivity index (χ4v) is 2.53. The summed E-state index contributed by atoms with van der Waals surface area (Å²) in [5, 5.41) is 13.6. The zero-order valence-corrected chi connectivity index (χ0v) is 13.5. The fourth-order valence-electron chi connectivity index (χ4n) is 2.53. The van der Waals surface area contributed by atoms with Gasteiger partial charge in [-0.05, 0) is 29.8 Å². The van der Waals surface area contributed by atoms with Gasteiger partial charge in [-0.25, -0.2) is 4.39 Å². The van der Waals surface area contributed by atoms with Crippen molar-refractivity contribution in [2.24, 2.45) is 0 Å². The summed E-state index contributed by atoms with van der Waals surface area (Å²) in [6, 6.07) is 11.4. The van der Waals surface area contributed by atoms with Crippen LogP contribution in [0.25, 0.3) is 11.5 Å². The molecule has 8 heteroatoms. The van der Waals surface area contributed by atoms with Crippen LogP contribution in [0.15, 0.2) is 65.5 Å². The fraction of sp³-hybridized carbons (Fsp3) is 0.0556. The van der Waals surface area contributed by atoms with Crippen molar-refractivity contribution in [3.63, 3.8) is 0 Å². The molecular formula is C18H14FN5O2. The minimum absolute atomic E-state index is 0.231. The van der Waals surface area contributed by atoms with E-state index in [1.165, 1.54) is 18.3 Å². The molecule has 0 unspecified atom stereocenters. The van der Waals surface area contributed by atoms with E-state index in [1.807, 2.05) is 6.07 Å². The van der Waals surface area contributed by atoms with Gasteiger partial charge in [0.15, 0.2) is 11.5 Å². The molecule has 3 heterocycles. The lowest BCUT2D eigenvalue weighted by Gasteiger charge is -2.02. The van der Waals surface area contributed by atoms with Gasteiger partial charge >= 0.3 is 0 Å². The molecule has 0 spiro atoms. The van der Waals surface area contributed by atoms with Gasteiger partial charge in [0.25, 0.3) is 5.91 Å². The Morgan fingerprint density at radius 3 is 3.00 bits per heavy atom. The van der Waals surface area contributed by atoms with Crippen LogP contribution in [0.5, 0.6) is 0 Å². The van der Waals surface area contributed by atoms with Gasteiger partial charge in [0.1, 0.15) is 11.5 Å². The monoisotopic (exact) mass is 351 g/mol. The maximum Gasteiger partial charge on any atom is 0.276 e. The molecule has 1 amide bonds. The maximum atomic E-state index is 13.2. The topological polar surface area (TPSA) is 88.7 Å². The van der Waals surface area contributed by atoms with Gasteiger partial charge in [-0.2, -0.15) is 10.2 Å². The minimum Gasteiger partial charge on any atom is -0.463 e. The number of anilines is 1. The molecule has 2 N–H and O–H groups in total. The van der Waals surface area contributed by atoms with Gasteiger partial charge in [0.2, 0.25) is 0 Å². The number of H-pyrrole nitrogens is 1. The number of hydrogen-bond acceptors (Lipinski definition) is 4. The van der Waals surface area contributed by atoms with Gasteiger partial charge in [-0.1, -0.05) is 12.1 Å². The lowest BCUT2D eigenvalue weighted by molar-refractivity contribution is 0.102. The van der Waals surface area contributed by atoms with Crippen molar-refractivity contribution in [3.8, 4) is 11.5 Å². The zero-order valence-electron chi connectivity index (χ0n) is 13.5. The third-order valence-electron chi connectivity index (χ3n) is 3.72. The van der Waals surface area contributed by atoms with Crippen molar-refractivity contribution >= 4 is 11.6 Å². The number of furan rings is 1. The number of rotatable bonds is 5. The van der Waals surface area contributed by atoms with Crippen molar-refractivity contribution in [2.45, 2.75) is 6.54 Å². The Labute approximate surface area is 147 Å². The first kappa shape index (κ1) is 15.8. The smallest absolute Gasteiger partial charge is 0.276 e. The normalized spacial score (nSPS) is 10.8. The molecule has 4 aromatic rings. The molecule has 7 nitrogen and oxygen atoms in total. The van der Waals surface area contributed by atoms with Crippen LogP contribution in [0.4, 0.5) is 10.1 Å². The van der Waals surface area contributed by atoms with Crippen molar-refractivity contribution < 1.29 is 13.6 Å². The number of aromatic nitrogens is 4. The number of carbonyl (C=O) groups excluding carboxylic acids is 1. The number of aromatic amines is 1. The number of amides is 1. The predicted octanol–water partition coefficient (Wildman–Crippen LogP) is 3.31. The maximum absolute atomic E-state index is 13.2. The minimum atomic E-state index is -0.371. The lowest BCUT2D eigenvalue weighted by Crippen LogP contribution is -2.11. The van der Waals surface area contributed by atoms with Crippen LogP contribution >= 0.6 is 0 Å². The van der Waals surface area contributed by atoms with Crippen LogP contribution in [0.3, 0.4) is 0 Å². The summed E-state index contributed by atoms with van der Waals surface area (Å²) in [5.74, 6) is -0.0714. The molecule has 4 rings (SSSR count). The van der Waals surface area contributed by atoms with Crippen molar-refractivity contribution in [2.75, 3.05) is 5.32 Å².